The smallest absolute Gasteiger partial charge is 0.174 e. The van der Waals surface area contributed by atoms with E-state index in [2.05, 4.69) is 37.0 Å². The van der Waals surface area contributed by atoms with Gasteiger partial charge in [0.25, 0.3) is 0 Å². The number of aliphatic hydroxyl groups excluding tert-OH is 1. The fourth-order valence-electron chi connectivity index (χ4n) is 2.20. The average Bonchev–Trinajstić information content (AvgIpc) is 2.93. The lowest BCUT2D eigenvalue weighted by molar-refractivity contribution is 0.281. The molecule has 0 spiro atoms. The summed E-state index contributed by atoms with van der Waals surface area (Å²) in [7, 11) is 0. The fourth-order valence-corrected chi connectivity index (χ4v) is 3.17. The van der Waals surface area contributed by atoms with Crippen LogP contribution in [0.2, 0.25) is 5.02 Å². The molecule has 112 valence electrons. The lowest BCUT2D eigenvalue weighted by Crippen LogP contribution is -1.90. The van der Waals surface area contributed by atoms with E-state index in [0.29, 0.717) is 27.6 Å². The average molecular weight is 444 g/mol. The van der Waals surface area contributed by atoms with E-state index in [1.54, 1.807) is 6.07 Å². The Balaban J connectivity index is 2.17. The van der Waals surface area contributed by atoms with E-state index in [9.17, 15) is 5.11 Å². The van der Waals surface area contributed by atoms with Gasteiger partial charge in [0.2, 0.25) is 0 Å². The van der Waals surface area contributed by atoms with Crippen LogP contribution >= 0.6 is 43.5 Å². The molecule has 1 N–H and O–H groups in total. The molecule has 0 radical (unpaired) electrons. The first kappa shape index (κ1) is 15.7. The first-order chi connectivity index (χ1) is 10.6. The van der Waals surface area contributed by atoms with E-state index in [-0.39, 0.29) is 6.61 Å². The van der Waals surface area contributed by atoms with Crippen LogP contribution in [0.4, 0.5) is 0 Å². The molecule has 2 aromatic carbocycles. The molecular formula is C16H10Br2ClNO2. The second-order valence-corrected chi connectivity index (χ2v) is 6.87. The van der Waals surface area contributed by atoms with Crippen molar-refractivity contribution in [3.63, 3.8) is 0 Å². The normalized spacial score (nSPS) is 10.9. The minimum Gasteiger partial charge on any atom is -0.391 e. The van der Waals surface area contributed by atoms with Gasteiger partial charge in [-0.25, -0.2) is 0 Å². The molecule has 3 rings (SSSR count). The first-order valence-corrected chi connectivity index (χ1v) is 8.37. The van der Waals surface area contributed by atoms with Gasteiger partial charge < -0.3 is 9.63 Å². The van der Waals surface area contributed by atoms with Gasteiger partial charge in [0.15, 0.2) is 5.76 Å². The zero-order chi connectivity index (χ0) is 15.7. The topological polar surface area (TPSA) is 46.3 Å². The van der Waals surface area contributed by atoms with Crippen LogP contribution in [0.1, 0.15) is 5.56 Å². The summed E-state index contributed by atoms with van der Waals surface area (Å²) < 4.78 is 7.27. The Kier molecular flexibility index (Phi) is 4.68. The monoisotopic (exact) mass is 441 g/mol. The molecule has 3 nitrogen and oxygen atoms in total. The highest BCUT2D eigenvalue weighted by atomic mass is 79.9. The molecule has 0 atom stereocenters. The van der Waals surface area contributed by atoms with E-state index >= 15 is 0 Å². The third-order valence-electron chi connectivity index (χ3n) is 3.22. The fraction of sp³-hybridized carbons (Fsp3) is 0.0625. The molecule has 1 aromatic heterocycles. The van der Waals surface area contributed by atoms with Crippen molar-refractivity contribution >= 4 is 43.5 Å². The van der Waals surface area contributed by atoms with Crippen LogP contribution in [0.15, 0.2) is 55.9 Å². The van der Waals surface area contributed by atoms with Gasteiger partial charge in [-0.15, -0.1) is 0 Å². The Morgan fingerprint density at radius 2 is 1.86 bits per heavy atom. The predicted molar refractivity (Wildman–Crippen MR) is 93.7 cm³/mol. The highest BCUT2D eigenvalue weighted by Crippen LogP contribution is 2.37. The maximum atomic E-state index is 9.77. The van der Waals surface area contributed by atoms with E-state index in [0.717, 1.165) is 14.5 Å². The van der Waals surface area contributed by atoms with E-state index in [1.165, 1.54) is 0 Å². The molecule has 0 amide bonds. The predicted octanol–water partition coefficient (Wildman–Crippen LogP) is 5.68. The summed E-state index contributed by atoms with van der Waals surface area (Å²) in [5, 5.41) is 14.4. The van der Waals surface area contributed by atoms with Gasteiger partial charge in [-0.05, 0) is 30.3 Å². The number of rotatable bonds is 3. The standard InChI is InChI=1S/C16H10Br2ClNO2/c17-10-3-1-2-9(6-10)15-13(8-21)16(22-20-15)12-7-11(18)4-5-14(12)19/h1-7,21H,8H2. The van der Waals surface area contributed by atoms with Crippen molar-refractivity contribution in [2.75, 3.05) is 0 Å². The third-order valence-corrected chi connectivity index (χ3v) is 4.53. The van der Waals surface area contributed by atoms with Gasteiger partial charge in [-0.1, -0.05) is 60.8 Å². The number of aliphatic hydroxyl groups is 1. The minimum atomic E-state index is -0.191. The van der Waals surface area contributed by atoms with Crippen LogP contribution in [0, 0.1) is 0 Å². The number of aromatic nitrogens is 1. The van der Waals surface area contributed by atoms with Crippen molar-refractivity contribution in [3.8, 4) is 22.6 Å². The summed E-state index contributed by atoms with van der Waals surface area (Å²) in [4.78, 5) is 0. The van der Waals surface area contributed by atoms with Crippen molar-refractivity contribution in [1.82, 2.24) is 5.16 Å². The maximum absolute atomic E-state index is 9.77. The quantitative estimate of drug-likeness (QED) is 0.567. The van der Waals surface area contributed by atoms with Crippen molar-refractivity contribution < 1.29 is 9.63 Å². The van der Waals surface area contributed by atoms with Crippen molar-refractivity contribution in [3.05, 3.63) is 62.0 Å². The Labute approximate surface area is 149 Å². The minimum absolute atomic E-state index is 0.191. The number of nitrogens with zero attached hydrogens (tertiary/aromatic N) is 1. The van der Waals surface area contributed by atoms with Crippen LogP contribution in [-0.2, 0) is 6.61 Å². The van der Waals surface area contributed by atoms with Crippen LogP contribution in [-0.4, -0.2) is 10.3 Å². The second kappa shape index (κ2) is 6.54. The Bertz CT molecular complexity index is 833. The molecule has 0 aliphatic rings. The number of halogens is 3. The van der Waals surface area contributed by atoms with Crippen molar-refractivity contribution in [2.24, 2.45) is 0 Å². The van der Waals surface area contributed by atoms with Gasteiger partial charge >= 0.3 is 0 Å². The molecule has 22 heavy (non-hydrogen) atoms. The lowest BCUT2D eigenvalue weighted by Gasteiger charge is -2.04. The Hall–Kier alpha value is -1.14. The SMILES string of the molecule is OCc1c(-c2cccc(Br)c2)noc1-c1cc(Br)ccc1Cl. The summed E-state index contributed by atoms with van der Waals surface area (Å²) in [6.07, 6.45) is 0. The molecule has 0 aliphatic carbocycles. The summed E-state index contributed by atoms with van der Waals surface area (Å²) in [5.74, 6) is 0.476. The highest BCUT2D eigenvalue weighted by molar-refractivity contribution is 9.10. The Morgan fingerprint density at radius 3 is 2.59 bits per heavy atom. The molecule has 0 aliphatic heterocycles. The first-order valence-electron chi connectivity index (χ1n) is 6.41. The molecular weight excluding hydrogens is 433 g/mol. The zero-order valence-corrected chi connectivity index (χ0v) is 15.1. The molecule has 6 heteroatoms. The van der Waals surface area contributed by atoms with Gasteiger partial charge in [-0.3, -0.25) is 0 Å². The second-order valence-electron chi connectivity index (χ2n) is 4.63. The summed E-state index contributed by atoms with van der Waals surface area (Å²) in [6.45, 7) is -0.191. The summed E-state index contributed by atoms with van der Waals surface area (Å²) >= 11 is 13.1. The van der Waals surface area contributed by atoms with Gasteiger partial charge in [-0.2, -0.15) is 0 Å². The molecule has 3 aromatic rings. The van der Waals surface area contributed by atoms with Crippen molar-refractivity contribution in [1.29, 1.82) is 0 Å². The third kappa shape index (κ3) is 2.99. The van der Waals surface area contributed by atoms with E-state index < -0.39 is 0 Å². The molecule has 0 bridgehead atoms. The largest absolute Gasteiger partial charge is 0.391 e. The van der Waals surface area contributed by atoms with E-state index in [1.807, 2.05) is 36.4 Å². The van der Waals surface area contributed by atoms with E-state index in [4.69, 9.17) is 16.1 Å². The lowest BCUT2D eigenvalue weighted by atomic mass is 10.0. The zero-order valence-electron chi connectivity index (χ0n) is 11.2. The summed E-state index contributed by atoms with van der Waals surface area (Å²) in [5.41, 5.74) is 2.77. The molecule has 1 heterocycles. The van der Waals surface area contributed by atoms with Crippen LogP contribution in [0.25, 0.3) is 22.6 Å². The van der Waals surface area contributed by atoms with Crippen LogP contribution < -0.4 is 0 Å². The molecule has 0 unspecified atom stereocenters. The van der Waals surface area contributed by atoms with Crippen LogP contribution in [0.5, 0.6) is 0 Å². The number of hydrogen-bond donors (Lipinski definition) is 1. The number of hydrogen-bond acceptors (Lipinski definition) is 3. The van der Waals surface area contributed by atoms with Gasteiger partial charge in [0, 0.05) is 20.1 Å². The number of benzene rings is 2. The van der Waals surface area contributed by atoms with Gasteiger partial charge in [0.05, 0.1) is 17.2 Å². The van der Waals surface area contributed by atoms with Crippen molar-refractivity contribution in [2.45, 2.75) is 6.61 Å². The highest BCUT2D eigenvalue weighted by Gasteiger charge is 2.20. The molecule has 0 saturated carbocycles. The molecule has 0 fully saturated rings. The summed E-state index contributed by atoms with van der Waals surface area (Å²) in [6, 6.07) is 13.1. The van der Waals surface area contributed by atoms with Gasteiger partial charge in [0.1, 0.15) is 5.69 Å². The maximum Gasteiger partial charge on any atom is 0.174 e. The Morgan fingerprint density at radius 1 is 1.09 bits per heavy atom. The molecule has 0 saturated heterocycles. The van der Waals surface area contributed by atoms with Crippen LogP contribution in [0.3, 0.4) is 0 Å².